The van der Waals surface area contributed by atoms with Gasteiger partial charge in [-0.1, -0.05) is 0 Å². The van der Waals surface area contributed by atoms with E-state index in [1.54, 1.807) is 13.2 Å². The minimum Gasteiger partial charge on any atom is -0.481 e. The topological polar surface area (TPSA) is 55.2 Å². The largest absolute Gasteiger partial charge is 0.481 e. The van der Waals surface area contributed by atoms with E-state index in [-0.39, 0.29) is 6.10 Å². The van der Waals surface area contributed by atoms with E-state index in [9.17, 15) is 5.11 Å². The molecule has 1 aliphatic rings. The third-order valence-corrected chi connectivity index (χ3v) is 2.66. The van der Waals surface area contributed by atoms with Gasteiger partial charge in [0.25, 0.3) is 0 Å². The Morgan fingerprint density at radius 2 is 2.27 bits per heavy atom. The molecule has 1 aromatic heterocycles. The molecule has 1 aliphatic carbocycles. The molecule has 1 aromatic rings. The van der Waals surface area contributed by atoms with E-state index in [0.29, 0.717) is 24.0 Å². The van der Waals surface area contributed by atoms with Crippen molar-refractivity contribution in [3.63, 3.8) is 0 Å². The molecule has 1 atom stereocenters. The van der Waals surface area contributed by atoms with Gasteiger partial charge in [0, 0.05) is 12.5 Å². The summed E-state index contributed by atoms with van der Waals surface area (Å²) in [7, 11) is 1.59. The van der Waals surface area contributed by atoms with Gasteiger partial charge in [0.05, 0.1) is 18.9 Å². The monoisotopic (exact) mass is 208 g/mol. The predicted molar refractivity (Wildman–Crippen MR) is 55.8 cm³/mol. The molecule has 0 amide bonds. The lowest BCUT2D eigenvalue weighted by Gasteiger charge is -2.09. The first-order valence-corrected chi connectivity index (χ1v) is 5.25. The molecule has 4 heteroatoms. The van der Waals surface area contributed by atoms with Crippen LogP contribution in [-0.4, -0.2) is 28.3 Å². The van der Waals surface area contributed by atoms with Crippen molar-refractivity contribution in [2.24, 2.45) is 5.92 Å². The molecule has 0 aromatic carbocycles. The van der Waals surface area contributed by atoms with Crippen LogP contribution in [0.1, 0.15) is 24.4 Å². The standard InChI is InChI=1S/C11H16N2O2/c1-7-12-9(6-11(13-7)15-2)5-10(14)8-3-4-8/h6,8,10,14H,3-5H2,1-2H3. The maximum atomic E-state index is 9.80. The average molecular weight is 208 g/mol. The van der Waals surface area contributed by atoms with Crippen LogP contribution in [0.3, 0.4) is 0 Å². The van der Waals surface area contributed by atoms with Gasteiger partial charge < -0.3 is 9.84 Å². The van der Waals surface area contributed by atoms with Crippen LogP contribution in [0.25, 0.3) is 0 Å². The van der Waals surface area contributed by atoms with Crippen molar-refractivity contribution in [2.45, 2.75) is 32.3 Å². The van der Waals surface area contributed by atoms with E-state index in [1.165, 1.54) is 0 Å². The second-order valence-electron chi connectivity index (χ2n) is 4.06. The third kappa shape index (κ3) is 2.65. The zero-order chi connectivity index (χ0) is 10.8. The van der Waals surface area contributed by atoms with Gasteiger partial charge in [-0.3, -0.25) is 0 Å². The quantitative estimate of drug-likeness (QED) is 0.805. The number of aromatic nitrogens is 2. The Morgan fingerprint density at radius 3 is 2.87 bits per heavy atom. The summed E-state index contributed by atoms with van der Waals surface area (Å²) in [5.41, 5.74) is 0.860. The van der Waals surface area contributed by atoms with Gasteiger partial charge in [0.2, 0.25) is 5.88 Å². The van der Waals surface area contributed by atoms with Crippen LogP contribution >= 0.6 is 0 Å². The van der Waals surface area contributed by atoms with Crippen molar-refractivity contribution >= 4 is 0 Å². The highest BCUT2D eigenvalue weighted by Gasteiger charge is 2.30. The maximum absolute atomic E-state index is 9.80. The molecule has 1 saturated carbocycles. The SMILES string of the molecule is COc1cc(CC(O)C2CC2)nc(C)n1. The predicted octanol–water partition coefficient (Wildman–Crippen LogP) is 1.11. The molecular formula is C11H16N2O2. The summed E-state index contributed by atoms with van der Waals surface area (Å²) in [6, 6.07) is 1.79. The summed E-state index contributed by atoms with van der Waals surface area (Å²) in [6.45, 7) is 1.83. The summed E-state index contributed by atoms with van der Waals surface area (Å²) in [5, 5.41) is 9.80. The molecule has 0 aliphatic heterocycles. The number of nitrogens with zero attached hydrogens (tertiary/aromatic N) is 2. The minimum absolute atomic E-state index is 0.260. The molecule has 4 nitrogen and oxygen atoms in total. The number of methoxy groups -OCH3 is 1. The first-order chi connectivity index (χ1) is 7.19. The van der Waals surface area contributed by atoms with E-state index >= 15 is 0 Å². The van der Waals surface area contributed by atoms with Crippen LogP contribution in [0, 0.1) is 12.8 Å². The van der Waals surface area contributed by atoms with Crippen molar-refractivity contribution in [3.8, 4) is 5.88 Å². The summed E-state index contributed by atoms with van der Waals surface area (Å²) in [5.74, 6) is 1.74. The van der Waals surface area contributed by atoms with Gasteiger partial charge in [-0.25, -0.2) is 4.98 Å². The maximum Gasteiger partial charge on any atom is 0.216 e. The lowest BCUT2D eigenvalue weighted by molar-refractivity contribution is 0.150. The van der Waals surface area contributed by atoms with Crippen LogP contribution in [0.5, 0.6) is 5.88 Å². The molecule has 0 bridgehead atoms. The van der Waals surface area contributed by atoms with Gasteiger partial charge in [-0.15, -0.1) is 0 Å². The molecule has 0 saturated heterocycles. The highest BCUT2D eigenvalue weighted by molar-refractivity contribution is 5.17. The Balaban J connectivity index is 2.08. The van der Waals surface area contributed by atoms with E-state index in [4.69, 9.17) is 4.74 Å². The highest BCUT2D eigenvalue weighted by atomic mass is 16.5. The van der Waals surface area contributed by atoms with Crippen molar-refractivity contribution in [1.82, 2.24) is 9.97 Å². The number of aryl methyl sites for hydroxylation is 1. The van der Waals surface area contributed by atoms with E-state index in [2.05, 4.69) is 9.97 Å². The van der Waals surface area contributed by atoms with Crippen LogP contribution in [0.2, 0.25) is 0 Å². The fraction of sp³-hybridized carbons (Fsp3) is 0.636. The lowest BCUT2D eigenvalue weighted by atomic mass is 10.1. The van der Waals surface area contributed by atoms with Crippen molar-refractivity contribution < 1.29 is 9.84 Å². The molecule has 1 heterocycles. The Hall–Kier alpha value is -1.16. The fourth-order valence-corrected chi connectivity index (χ4v) is 1.67. The van der Waals surface area contributed by atoms with Gasteiger partial charge in [0.15, 0.2) is 0 Å². The highest BCUT2D eigenvalue weighted by Crippen LogP contribution is 2.33. The molecule has 1 fully saturated rings. The number of hydrogen-bond acceptors (Lipinski definition) is 4. The van der Waals surface area contributed by atoms with Crippen LogP contribution < -0.4 is 4.74 Å². The second-order valence-corrected chi connectivity index (χ2v) is 4.06. The van der Waals surface area contributed by atoms with E-state index in [1.807, 2.05) is 6.92 Å². The first kappa shape index (κ1) is 10.4. The van der Waals surface area contributed by atoms with Crippen LogP contribution in [-0.2, 0) is 6.42 Å². The molecule has 82 valence electrons. The van der Waals surface area contributed by atoms with Crippen molar-refractivity contribution in [2.75, 3.05) is 7.11 Å². The fourth-order valence-electron chi connectivity index (χ4n) is 1.67. The Morgan fingerprint density at radius 1 is 1.53 bits per heavy atom. The number of hydrogen-bond donors (Lipinski definition) is 1. The van der Waals surface area contributed by atoms with Gasteiger partial charge in [0.1, 0.15) is 5.82 Å². The molecule has 2 rings (SSSR count). The molecule has 1 N–H and O–H groups in total. The summed E-state index contributed by atoms with van der Waals surface area (Å²) < 4.78 is 5.06. The second kappa shape index (κ2) is 4.14. The van der Waals surface area contributed by atoms with Crippen molar-refractivity contribution in [3.05, 3.63) is 17.6 Å². The summed E-state index contributed by atoms with van der Waals surface area (Å²) >= 11 is 0. The number of aliphatic hydroxyl groups is 1. The third-order valence-electron chi connectivity index (χ3n) is 2.66. The first-order valence-electron chi connectivity index (χ1n) is 5.25. The van der Waals surface area contributed by atoms with Crippen LogP contribution in [0.15, 0.2) is 6.07 Å². The molecule has 15 heavy (non-hydrogen) atoms. The molecule has 1 unspecified atom stereocenters. The lowest BCUT2D eigenvalue weighted by Crippen LogP contribution is -2.14. The Bertz CT molecular complexity index is 350. The zero-order valence-electron chi connectivity index (χ0n) is 9.10. The van der Waals surface area contributed by atoms with Gasteiger partial charge in [-0.05, 0) is 25.7 Å². The van der Waals surface area contributed by atoms with E-state index in [0.717, 1.165) is 18.5 Å². The molecule has 0 radical (unpaired) electrons. The zero-order valence-corrected chi connectivity index (χ0v) is 9.10. The smallest absolute Gasteiger partial charge is 0.216 e. The minimum atomic E-state index is -0.260. The molecule has 0 spiro atoms. The number of ether oxygens (including phenoxy) is 1. The Kier molecular flexibility index (Phi) is 2.86. The van der Waals surface area contributed by atoms with Crippen LogP contribution in [0.4, 0.5) is 0 Å². The number of rotatable bonds is 4. The molecular weight excluding hydrogens is 192 g/mol. The van der Waals surface area contributed by atoms with Crippen molar-refractivity contribution in [1.29, 1.82) is 0 Å². The normalized spacial score (nSPS) is 17.5. The number of aliphatic hydroxyl groups excluding tert-OH is 1. The van der Waals surface area contributed by atoms with Gasteiger partial charge >= 0.3 is 0 Å². The average Bonchev–Trinajstić information content (AvgIpc) is 2.99. The Labute approximate surface area is 89.3 Å². The summed E-state index contributed by atoms with van der Waals surface area (Å²) in [4.78, 5) is 8.39. The van der Waals surface area contributed by atoms with Gasteiger partial charge in [-0.2, -0.15) is 4.98 Å². The summed E-state index contributed by atoms with van der Waals surface area (Å²) in [6.07, 6.45) is 2.62. The van der Waals surface area contributed by atoms with E-state index < -0.39 is 0 Å².